The highest BCUT2D eigenvalue weighted by Gasteiger charge is 2.20. The lowest BCUT2D eigenvalue weighted by atomic mass is 10.1. The summed E-state index contributed by atoms with van der Waals surface area (Å²) < 4.78 is 54.1. The molecule has 0 saturated carbocycles. The fraction of sp³-hybridized carbons (Fsp3) is 0.0769. The monoisotopic (exact) mass is 552 g/mol. The molecule has 0 saturated heterocycles. The predicted octanol–water partition coefficient (Wildman–Crippen LogP) is 4.48. The van der Waals surface area contributed by atoms with Crippen LogP contribution in [0.2, 0.25) is 0 Å². The minimum atomic E-state index is -4.10. The maximum Gasteiger partial charge on any atom is 0.333 e. The summed E-state index contributed by atoms with van der Waals surface area (Å²) >= 11 is 0. The molecule has 10 nitrogen and oxygen atoms in total. The Morgan fingerprint density at radius 3 is 1.21 bits per heavy atom. The lowest BCUT2D eigenvalue weighted by molar-refractivity contribution is 0.255. The Bertz CT molecular complexity index is 1600. The van der Waals surface area contributed by atoms with Gasteiger partial charge < -0.3 is 10.6 Å². The first kappa shape index (κ1) is 26.6. The molecule has 4 aromatic rings. The van der Waals surface area contributed by atoms with Gasteiger partial charge >= 0.3 is 12.1 Å². The van der Waals surface area contributed by atoms with Gasteiger partial charge in [0.05, 0.1) is 21.2 Å². The number of anilines is 2. The molecule has 38 heavy (non-hydrogen) atoms. The van der Waals surface area contributed by atoms with Crippen LogP contribution in [0.4, 0.5) is 21.0 Å². The quantitative estimate of drug-likeness (QED) is 0.277. The smallest absolute Gasteiger partial charge is 0.307 e. The largest absolute Gasteiger partial charge is 0.333 e. The Morgan fingerprint density at radius 1 is 0.526 bits per heavy atom. The molecule has 0 aliphatic heterocycles. The molecular formula is C26H24N4O6S2. The van der Waals surface area contributed by atoms with E-state index in [0.717, 1.165) is 11.1 Å². The Morgan fingerprint density at radius 2 is 0.868 bits per heavy atom. The van der Waals surface area contributed by atoms with Crippen molar-refractivity contribution in [3.8, 4) is 0 Å². The zero-order valence-corrected chi connectivity index (χ0v) is 22.0. The van der Waals surface area contributed by atoms with Crippen molar-refractivity contribution in [3.63, 3.8) is 0 Å². The number of carbonyl (C=O) groups excluding carboxylic acids is 2. The highest BCUT2D eigenvalue weighted by molar-refractivity contribution is 7.90. The van der Waals surface area contributed by atoms with Crippen LogP contribution in [0.25, 0.3) is 10.8 Å². The molecule has 4 aromatic carbocycles. The van der Waals surface area contributed by atoms with Crippen LogP contribution in [0.15, 0.2) is 94.7 Å². The van der Waals surface area contributed by atoms with Crippen LogP contribution < -0.4 is 20.1 Å². The minimum absolute atomic E-state index is 0.0609. The van der Waals surface area contributed by atoms with Crippen LogP contribution in [0.5, 0.6) is 0 Å². The molecule has 196 valence electrons. The molecule has 0 atom stereocenters. The molecule has 4 N–H and O–H groups in total. The lowest BCUT2D eigenvalue weighted by Gasteiger charge is -2.14. The molecule has 0 unspecified atom stereocenters. The van der Waals surface area contributed by atoms with Crippen molar-refractivity contribution in [1.82, 2.24) is 9.44 Å². The van der Waals surface area contributed by atoms with E-state index in [4.69, 9.17) is 0 Å². The summed E-state index contributed by atoms with van der Waals surface area (Å²) in [5, 5.41) is 5.99. The number of urea groups is 2. The summed E-state index contributed by atoms with van der Waals surface area (Å²) in [6.07, 6.45) is 0. The second kappa shape index (κ2) is 10.5. The average Bonchev–Trinajstić information content (AvgIpc) is 2.84. The highest BCUT2D eigenvalue weighted by atomic mass is 32.2. The van der Waals surface area contributed by atoms with Crippen molar-refractivity contribution in [2.75, 3.05) is 10.6 Å². The summed E-state index contributed by atoms with van der Waals surface area (Å²) in [5.74, 6) is 0. The molecule has 0 heterocycles. The van der Waals surface area contributed by atoms with Gasteiger partial charge in [0.1, 0.15) is 0 Å². The molecular weight excluding hydrogens is 528 g/mol. The highest BCUT2D eigenvalue weighted by Crippen LogP contribution is 2.29. The first-order chi connectivity index (χ1) is 17.9. The molecule has 0 aromatic heterocycles. The van der Waals surface area contributed by atoms with Gasteiger partial charge in [0.15, 0.2) is 0 Å². The van der Waals surface area contributed by atoms with E-state index in [1.807, 2.05) is 23.3 Å². The summed E-state index contributed by atoms with van der Waals surface area (Å²) in [5.41, 5.74) is 2.29. The Hall–Kier alpha value is -4.42. The van der Waals surface area contributed by atoms with Gasteiger partial charge in [-0.1, -0.05) is 59.7 Å². The first-order valence-corrected chi connectivity index (χ1v) is 14.2. The Kier molecular flexibility index (Phi) is 7.37. The van der Waals surface area contributed by atoms with Crippen molar-refractivity contribution in [3.05, 3.63) is 96.1 Å². The van der Waals surface area contributed by atoms with E-state index >= 15 is 0 Å². The molecule has 0 spiro atoms. The van der Waals surface area contributed by atoms with Crippen LogP contribution in [0.1, 0.15) is 11.1 Å². The van der Waals surface area contributed by atoms with Crippen molar-refractivity contribution in [2.24, 2.45) is 0 Å². The number of fused-ring (bicyclic) bond motifs is 1. The van der Waals surface area contributed by atoms with Gasteiger partial charge in [-0.15, -0.1) is 0 Å². The van der Waals surface area contributed by atoms with Crippen molar-refractivity contribution in [1.29, 1.82) is 0 Å². The van der Waals surface area contributed by atoms with Crippen LogP contribution in [0, 0.1) is 13.8 Å². The number of carbonyl (C=O) groups is 2. The number of rotatable bonds is 6. The van der Waals surface area contributed by atoms with Crippen LogP contribution >= 0.6 is 0 Å². The van der Waals surface area contributed by atoms with Crippen molar-refractivity contribution >= 4 is 54.3 Å². The SMILES string of the molecule is Cc1ccc(S(=O)(=O)NC(=O)Nc2cccc3c(NC(=O)NS(=O)(=O)c4ccc(C)cc4)cccc23)cc1. The summed E-state index contributed by atoms with van der Waals surface area (Å²) in [6, 6.07) is 19.7. The number of nitrogens with one attached hydrogen (secondary N) is 4. The fourth-order valence-corrected chi connectivity index (χ4v) is 5.44. The third-order valence-electron chi connectivity index (χ3n) is 5.54. The Labute approximate surface area is 220 Å². The van der Waals surface area contributed by atoms with Gasteiger partial charge in [0.2, 0.25) is 0 Å². The molecule has 0 fully saturated rings. The summed E-state index contributed by atoms with van der Waals surface area (Å²) in [6.45, 7) is 3.62. The van der Waals surface area contributed by atoms with Gasteiger partial charge in [-0.2, -0.15) is 0 Å². The van der Waals surface area contributed by atoms with E-state index < -0.39 is 32.1 Å². The zero-order chi connectivity index (χ0) is 27.5. The molecule has 0 aliphatic rings. The number of aryl methyl sites for hydroxylation is 2. The summed E-state index contributed by atoms with van der Waals surface area (Å²) in [4.78, 5) is 25.0. The minimum Gasteiger partial charge on any atom is -0.307 e. The van der Waals surface area contributed by atoms with Crippen molar-refractivity contribution in [2.45, 2.75) is 23.6 Å². The molecule has 0 aliphatic carbocycles. The van der Waals surface area contributed by atoms with Gasteiger partial charge in [-0.3, -0.25) is 0 Å². The van der Waals surface area contributed by atoms with Crippen LogP contribution in [0.3, 0.4) is 0 Å². The third kappa shape index (κ3) is 6.10. The number of amides is 4. The van der Waals surface area contributed by atoms with E-state index in [2.05, 4.69) is 10.6 Å². The fourth-order valence-electron chi connectivity index (χ4n) is 3.62. The van der Waals surface area contributed by atoms with Gasteiger partial charge in [-0.05, 0) is 50.2 Å². The maximum atomic E-state index is 12.5. The second-order valence-corrected chi connectivity index (χ2v) is 11.8. The molecule has 4 rings (SSSR count). The number of benzene rings is 4. The lowest BCUT2D eigenvalue weighted by Crippen LogP contribution is -2.34. The molecule has 4 amide bonds. The topological polar surface area (TPSA) is 151 Å². The number of hydrogen-bond acceptors (Lipinski definition) is 6. The standard InChI is InChI=1S/C26H24N4O6S2/c1-17-9-13-19(14-10-17)37(33,34)29-25(31)27-23-7-3-6-22-21(23)5-4-8-24(22)28-26(32)30-38(35,36)20-15-11-18(2)12-16-20/h3-16H,1-2H3,(H2,27,29,31)(H2,28,30,32). The average molecular weight is 553 g/mol. The maximum absolute atomic E-state index is 12.5. The van der Waals surface area contributed by atoms with Gasteiger partial charge in [0, 0.05) is 10.8 Å². The van der Waals surface area contributed by atoms with Crippen LogP contribution in [-0.2, 0) is 20.0 Å². The first-order valence-electron chi connectivity index (χ1n) is 11.3. The normalized spacial score (nSPS) is 11.5. The Balaban J connectivity index is 1.51. The molecule has 0 radical (unpaired) electrons. The van der Waals surface area contributed by atoms with Crippen molar-refractivity contribution < 1.29 is 26.4 Å². The zero-order valence-electron chi connectivity index (χ0n) is 20.3. The number of sulfonamides is 2. The van der Waals surface area contributed by atoms with Crippen LogP contribution in [-0.4, -0.2) is 28.9 Å². The van der Waals surface area contributed by atoms with E-state index in [1.54, 1.807) is 60.7 Å². The van der Waals surface area contributed by atoms with E-state index in [9.17, 15) is 26.4 Å². The predicted molar refractivity (Wildman–Crippen MR) is 145 cm³/mol. The molecule has 0 bridgehead atoms. The van der Waals surface area contributed by atoms with Gasteiger partial charge in [0.25, 0.3) is 20.0 Å². The third-order valence-corrected chi connectivity index (χ3v) is 8.23. The van der Waals surface area contributed by atoms with E-state index in [0.29, 0.717) is 10.8 Å². The number of hydrogen-bond donors (Lipinski definition) is 4. The molecule has 12 heteroatoms. The second-order valence-electron chi connectivity index (χ2n) is 8.45. The van der Waals surface area contributed by atoms with Gasteiger partial charge in [-0.25, -0.2) is 35.9 Å². The summed E-state index contributed by atoms with van der Waals surface area (Å²) in [7, 11) is -8.20. The van der Waals surface area contributed by atoms with E-state index in [1.165, 1.54) is 24.3 Å². The van der Waals surface area contributed by atoms with E-state index in [-0.39, 0.29) is 21.2 Å².